The molecule has 0 saturated carbocycles. The fourth-order valence-corrected chi connectivity index (χ4v) is 2.70. The summed E-state index contributed by atoms with van der Waals surface area (Å²) in [5, 5.41) is 8.58. The van der Waals surface area contributed by atoms with Crippen molar-refractivity contribution in [1.82, 2.24) is 4.72 Å². The molecular formula is C14H19NO3S. The van der Waals surface area contributed by atoms with Crippen molar-refractivity contribution >= 4 is 10.0 Å². The Morgan fingerprint density at radius 2 is 1.79 bits per heavy atom. The van der Waals surface area contributed by atoms with Crippen molar-refractivity contribution in [2.24, 2.45) is 5.92 Å². The minimum absolute atomic E-state index is 0.126. The first-order valence-corrected chi connectivity index (χ1v) is 7.57. The van der Waals surface area contributed by atoms with Gasteiger partial charge in [-0.05, 0) is 37.1 Å². The van der Waals surface area contributed by atoms with Crippen LogP contribution < -0.4 is 4.72 Å². The second kappa shape index (κ2) is 6.71. The summed E-state index contributed by atoms with van der Waals surface area (Å²) in [5.41, 5.74) is 0.671. The van der Waals surface area contributed by atoms with Crippen LogP contribution in [0.4, 0.5) is 0 Å². The third kappa shape index (κ3) is 4.67. The van der Waals surface area contributed by atoms with Crippen LogP contribution in [0.2, 0.25) is 0 Å². The first-order valence-electron chi connectivity index (χ1n) is 6.09. The van der Waals surface area contributed by atoms with Crippen molar-refractivity contribution in [2.75, 3.05) is 6.61 Å². The summed E-state index contributed by atoms with van der Waals surface area (Å²) in [6.07, 6.45) is 0. The van der Waals surface area contributed by atoms with E-state index in [0.29, 0.717) is 5.56 Å². The van der Waals surface area contributed by atoms with Gasteiger partial charge in [-0.25, -0.2) is 13.1 Å². The van der Waals surface area contributed by atoms with Crippen LogP contribution in [0, 0.1) is 17.8 Å². The molecule has 1 aromatic rings. The summed E-state index contributed by atoms with van der Waals surface area (Å²) >= 11 is 0. The van der Waals surface area contributed by atoms with Gasteiger partial charge in [-0.15, -0.1) is 0 Å². The molecule has 0 aliphatic rings. The van der Waals surface area contributed by atoms with Gasteiger partial charge in [-0.2, -0.15) is 0 Å². The third-order valence-electron chi connectivity index (χ3n) is 2.82. The quantitative estimate of drug-likeness (QED) is 0.819. The van der Waals surface area contributed by atoms with Gasteiger partial charge < -0.3 is 5.11 Å². The van der Waals surface area contributed by atoms with E-state index in [0.717, 1.165) is 0 Å². The number of hydrogen-bond acceptors (Lipinski definition) is 3. The molecule has 0 radical (unpaired) electrons. The maximum atomic E-state index is 12.1. The maximum absolute atomic E-state index is 12.1. The molecule has 5 heteroatoms. The van der Waals surface area contributed by atoms with Crippen LogP contribution >= 0.6 is 0 Å². The molecule has 0 aromatic heterocycles. The van der Waals surface area contributed by atoms with E-state index in [1.54, 1.807) is 12.1 Å². The second-order valence-corrected chi connectivity index (χ2v) is 6.35. The van der Waals surface area contributed by atoms with E-state index in [2.05, 4.69) is 16.6 Å². The maximum Gasteiger partial charge on any atom is 0.240 e. The lowest BCUT2D eigenvalue weighted by molar-refractivity contribution is 0.350. The molecule has 19 heavy (non-hydrogen) atoms. The highest BCUT2D eigenvalue weighted by molar-refractivity contribution is 7.89. The number of rotatable bonds is 4. The van der Waals surface area contributed by atoms with Gasteiger partial charge in [0.05, 0.1) is 4.90 Å². The predicted octanol–water partition coefficient (Wildman–Crippen LogP) is 1.35. The van der Waals surface area contributed by atoms with Crippen LogP contribution in [0.1, 0.15) is 26.3 Å². The monoisotopic (exact) mass is 281 g/mol. The van der Waals surface area contributed by atoms with Crippen molar-refractivity contribution in [3.05, 3.63) is 29.8 Å². The van der Waals surface area contributed by atoms with Crippen LogP contribution in [-0.2, 0) is 10.0 Å². The van der Waals surface area contributed by atoms with E-state index in [-0.39, 0.29) is 23.5 Å². The van der Waals surface area contributed by atoms with Gasteiger partial charge >= 0.3 is 0 Å². The molecule has 1 atom stereocenters. The van der Waals surface area contributed by atoms with Crippen LogP contribution in [0.5, 0.6) is 0 Å². The highest BCUT2D eigenvalue weighted by atomic mass is 32.2. The average molecular weight is 281 g/mol. The van der Waals surface area contributed by atoms with E-state index in [1.165, 1.54) is 12.1 Å². The van der Waals surface area contributed by atoms with Crippen molar-refractivity contribution in [3.63, 3.8) is 0 Å². The first-order chi connectivity index (χ1) is 8.86. The molecule has 0 bridgehead atoms. The number of nitrogens with one attached hydrogen (secondary N) is 1. The summed E-state index contributed by atoms with van der Waals surface area (Å²) in [6.45, 7) is 5.54. The fourth-order valence-electron chi connectivity index (χ4n) is 1.31. The molecule has 4 nitrogen and oxygen atoms in total. The summed E-state index contributed by atoms with van der Waals surface area (Å²) in [7, 11) is -3.49. The Labute approximate surface area is 114 Å². The van der Waals surface area contributed by atoms with Crippen LogP contribution in [0.3, 0.4) is 0 Å². The van der Waals surface area contributed by atoms with Gasteiger partial charge in [0.2, 0.25) is 10.0 Å². The molecule has 1 rings (SSSR count). The molecule has 2 N–H and O–H groups in total. The van der Waals surface area contributed by atoms with E-state index in [9.17, 15) is 8.42 Å². The molecule has 0 aliphatic carbocycles. The Bertz CT molecular complexity index is 565. The Hall–Kier alpha value is -1.35. The highest BCUT2D eigenvalue weighted by Gasteiger charge is 2.18. The lowest BCUT2D eigenvalue weighted by Crippen LogP contribution is -2.36. The molecule has 104 valence electrons. The molecule has 0 heterocycles. The molecule has 0 fully saturated rings. The summed E-state index contributed by atoms with van der Waals surface area (Å²) in [5.74, 6) is 5.45. The van der Waals surface area contributed by atoms with Gasteiger partial charge in [0.25, 0.3) is 0 Å². The third-order valence-corrected chi connectivity index (χ3v) is 4.39. The zero-order chi connectivity index (χ0) is 14.5. The molecule has 1 aromatic carbocycles. The Kier molecular flexibility index (Phi) is 5.55. The van der Waals surface area contributed by atoms with Crippen molar-refractivity contribution in [2.45, 2.75) is 31.7 Å². The number of aliphatic hydroxyl groups excluding tert-OH is 1. The largest absolute Gasteiger partial charge is 0.384 e. The van der Waals surface area contributed by atoms with Gasteiger partial charge in [-0.1, -0.05) is 25.7 Å². The topological polar surface area (TPSA) is 66.4 Å². The molecule has 1 unspecified atom stereocenters. The van der Waals surface area contributed by atoms with Gasteiger partial charge in [0.15, 0.2) is 0 Å². The number of aliphatic hydroxyl groups is 1. The zero-order valence-electron chi connectivity index (χ0n) is 11.3. The SMILES string of the molecule is CC(C)C(C)NS(=O)(=O)c1ccc(C#CCO)cc1. The van der Waals surface area contributed by atoms with E-state index >= 15 is 0 Å². The van der Waals surface area contributed by atoms with Crippen molar-refractivity contribution in [3.8, 4) is 11.8 Å². The predicted molar refractivity (Wildman–Crippen MR) is 75.0 cm³/mol. The summed E-state index contributed by atoms with van der Waals surface area (Å²) in [6, 6.07) is 6.14. The Morgan fingerprint density at radius 1 is 1.21 bits per heavy atom. The standard InChI is InChI=1S/C14H19NO3S/c1-11(2)12(3)15-19(17,18)14-8-6-13(7-9-14)5-4-10-16/h6-9,11-12,15-16H,10H2,1-3H3. The number of hydrogen-bond donors (Lipinski definition) is 2. The smallest absolute Gasteiger partial charge is 0.240 e. The minimum Gasteiger partial charge on any atom is -0.384 e. The minimum atomic E-state index is -3.49. The van der Waals surface area contributed by atoms with E-state index in [1.807, 2.05) is 20.8 Å². The van der Waals surface area contributed by atoms with Gasteiger partial charge in [0.1, 0.15) is 6.61 Å². The summed E-state index contributed by atoms with van der Waals surface area (Å²) in [4.78, 5) is 0.217. The molecule has 0 aliphatic heterocycles. The molecule has 0 amide bonds. The van der Waals surface area contributed by atoms with Crippen LogP contribution in [0.25, 0.3) is 0 Å². The van der Waals surface area contributed by atoms with Crippen molar-refractivity contribution in [1.29, 1.82) is 0 Å². The lowest BCUT2D eigenvalue weighted by atomic mass is 10.1. The average Bonchev–Trinajstić information content (AvgIpc) is 2.36. The van der Waals surface area contributed by atoms with Crippen molar-refractivity contribution < 1.29 is 13.5 Å². The zero-order valence-corrected chi connectivity index (χ0v) is 12.2. The second-order valence-electron chi connectivity index (χ2n) is 4.64. The first kappa shape index (κ1) is 15.7. The normalized spacial score (nSPS) is 12.9. The molecular weight excluding hydrogens is 262 g/mol. The number of sulfonamides is 1. The lowest BCUT2D eigenvalue weighted by Gasteiger charge is -2.17. The molecule has 0 spiro atoms. The van der Waals surface area contributed by atoms with E-state index < -0.39 is 10.0 Å². The molecule has 0 saturated heterocycles. The van der Waals surface area contributed by atoms with Gasteiger partial charge in [0, 0.05) is 11.6 Å². The van der Waals surface area contributed by atoms with Crippen LogP contribution in [0.15, 0.2) is 29.2 Å². The fraction of sp³-hybridized carbons (Fsp3) is 0.429. The Balaban J connectivity index is 2.91. The van der Waals surface area contributed by atoms with Gasteiger partial charge in [-0.3, -0.25) is 0 Å². The van der Waals surface area contributed by atoms with E-state index in [4.69, 9.17) is 5.11 Å². The highest BCUT2D eigenvalue weighted by Crippen LogP contribution is 2.12. The summed E-state index contributed by atoms with van der Waals surface area (Å²) < 4.78 is 26.8. The number of benzene rings is 1. The van der Waals surface area contributed by atoms with Crippen LogP contribution in [-0.4, -0.2) is 26.2 Å². The Morgan fingerprint density at radius 3 is 2.26 bits per heavy atom.